The smallest absolute Gasteiger partial charge is 0.261 e. The average Bonchev–Trinajstić information content (AvgIpc) is 3.32. The van der Waals surface area contributed by atoms with E-state index in [1.54, 1.807) is 37.8 Å². The summed E-state index contributed by atoms with van der Waals surface area (Å²) in [6.07, 6.45) is 6.30. The molecule has 0 spiro atoms. The molecular formula is C23H21N5O3. The monoisotopic (exact) mass is 415 g/mol. The number of ether oxygens (including phenoxy) is 2. The molecule has 31 heavy (non-hydrogen) atoms. The number of carbonyl (C=O) groups is 1. The number of fused-ring (bicyclic) bond motifs is 1. The summed E-state index contributed by atoms with van der Waals surface area (Å²) in [4.78, 5) is 22.0. The van der Waals surface area contributed by atoms with Gasteiger partial charge in [0.1, 0.15) is 12.1 Å². The summed E-state index contributed by atoms with van der Waals surface area (Å²) in [6.45, 7) is 4.17. The van der Waals surface area contributed by atoms with Crippen LogP contribution in [0.25, 0.3) is 0 Å². The summed E-state index contributed by atoms with van der Waals surface area (Å²) in [5.74, 6) is 0.194. The number of nitriles is 1. The summed E-state index contributed by atoms with van der Waals surface area (Å²) in [5.41, 5.74) is 3.96. The van der Waals surface area contributed by atoms with Crippen LogP contribution in [0.3, 0.4) is 0 Å². The Morgan fingerprint density at radius 1 is 1.32 bits per heavy atom. The summed E-state index contributed by atoms with van der Waals surface area (Å²) < 4.78 is 12.9. The largest absolute Gasteiger partial charge is 0.496 e. The van der Waals surface area contributed by atoms with Gasteiger partial charge in [0.2, 0.25) is 5.88 Å². The minimum Gasteiger partial charge on any atom is -0.496 e. The molecule has 1 unspecified atom stereocenters. The lowest BCUT2D eigenvalue weighted by molar-refractivity contribution is 0.0948. The van der Waals surface area contributed by atoms with E-state index in [4.69, 9.17) is 9.47 Å². The Morgan fingerprint density at radius 3 is 2.84 bits per heavy atom. The summed E-state index contributed by atoms with van der Waals surface area (Å²) in [7, 11) is 1.54. The van der Waals surface area contributed by atoms with Gasteiger partial charge in [-0.2, -0.15) is 5.26 Å². The molecular weight excluding hydrogens is 394 g/mol. The SMILES string of the molecule is CCOc1nccc2c1C(c1ccc(C#N)cc1OC)C(C(=O)n1ccnc1)=C(C)N2. The lowest BCUT2D eigenvalue weighted by atomic mass is 9.80. The van der Waals surface area contributed by atoms with E-state index in [0.29, 0.717) is 35.1 Å². The summed E-state index contributed by atoms with van der Waals surface area (Å²) >= 11 is 0. The molecule has 0 radical (unpaired) electrons. The van der Waals surface area contributed by atoms with Crippen LogP contribution in [-0.4, -0.2) is 34.2 Å². The molecule has 2 aromatic heterocycles. The number of anilines is 1. The molecule has 8 nitrogen and oxygen atoms in total. The molecule has 156 valence electrons. The molecule has 1 N–H and O–H groups in total. The van der Waals surface area contributed by atoms with Crippen LogP contribution in [0.5, 0.6) is 11.6 Å². The number of pyridine rings is 1. The first-order valence-electron chi connectivity index (χ1n) is 9.79. The van der Waals surface area contributed by atoms with Crippen molar-refractivity contribution in [1.82, 2.24) is 14.5 Å². The molecule has 1 atom stereocenters. The predicted molar refractivity (Wildman–Crippen MR) is 114 cm³/mol. The van der Waals surface area contributed by atoms with Gasteiger partial charge >= 0.3 is 0 Å². The second-order valence-electron chi connectivity index (χ2n) is 6.95. The fraction of sp³-hybridized carbons (Fsp3) is 0.217. The van der Waals surface area contributed by atoms with Crippen molar-refractivity contribution in [3.05, 3.63) is 77.1 Å². The standard InChI is InChI=1S/C23H21N5O3/c1-4-31-22-21-17(7-8-26-22)27-14(2)19(23(29)28-10-9-25-13-28)20(21)16-6-5-15(12-24)11-18(16)30-3/h5-11,13,20,27H,4H2,1-3H3. The number of nitrogens with zero attached hydrogens (tertiary/aromatic N) is 4. The Bertz CT molecular complexity index is 1210. The minimum atomic E-state index is -0.524. The van der Waals surface area contributed by atoms with Crippen molar-refractivity contribution in [1.29, 1.82) is 5.26 Å². The van der Waals surface area contributed by atoms with Crippen molar-refractivity contribution < 1.29 is 14.3 Å². The second kappa shape index (κ2) is 8.32. The van der Waals surface area contributed by atoms with Gasteiger partial charge < -0.3 is 14.8 Å². The van der Waals surface area contributed by atoms with Crippen LogP contribution >= 0.6 is 0 Å². The first kappa shape index (κ1) is 20.2. The molecule has 0 bridgehead atoms. The Morgan fingerprint density at radius 2 is 2.16 bits per heavy atom. The number of nitrogens with one attached hydrogen (secondary N) is 1. The molecule has 1 aliphatic heterocycles. The van der Waals surface area contributed by atoms with Gasteiger partial charge in [0.25, 0.3) is 5.91 Å². The van der Waals surface area contributed by atoms with Crippen LogP contribution in [0.4, 0.5) is 5.69 Å². The number of allylic oxidation sites excluding steroid dienone is 2. The van der Waals surface area contributed by atoms with Crippen LogP contribution in [0.1, 0.15) is 41.3 Å². The number of imidazole rings is 1. The number of rotatable bonds is 5. The molecule has 8 heteroatoms. The molecule has 4 rings (SSSR count). The van der Waals surface area contributed by atoms with E-state index in [1.807, 2.05) is 26.0 Å². The van der Waals surface area contributed by atoms with Crippen LogP contribution in [0.15, 0.2) is 60.5 Å². The van der Waals surface area contributed by atoms with Gasteiger partial charge in [-0.3, -0.25) is 9.36 Å². The predicted octanol–water partition coefficient (Wildman–Crippen LogP) is 3.73. The van der Waals surface area contributed by atoms with E-state index in [1.165, 1.54) is 10.9 Å². The van der Waals surface area contributed by atoms with Gasteiger partial charge in [-0.05, 0) is 32.0 Å². The molecule has 3 aromatic rings. The molecule has 0 saturated carbocycles. The van der Waals surface area contributed by atoms with E-state index < -0.39 is 5.92 Å². The van der Waals surface area contributed by atoms with E-state index in [2.05, 4.69) is 21.4 Å². The fourth-order valence-electron chi connectivity index (χ4n) is 3.86. The van der Waals surface area contributed by atoms with E-state index >= 15 is 0 Å². The maximum absolute atomic E-state index is 13.5. The third-order valence-electron chi connectivity index (χ3n) is 5.18. The fourth-order valence-corrected chi connectivity index (χ4v) is 3.86. The van der Waals surface area contributed by atoms with Crippen LogP contribution in [-0.2, 0) is 0 Å². The third kappa shape index (κ3) is 3.51. The number of hydrogen-bond donors (Lipinski definition) is 1. The van der Waals surface area contributed by atoms with E-state index in [-0.39, 0.29) is 5.91 Å². The third-order valence-corrected chi connectivity index (χ3v) is 5.18. The van der Waals surface area contributed by atoms with Crippen molar-refractivity contribution in [3.63, 3.8) is 0 Å². The molecule has 0 aliphatic carbocycles. The van der Waals surface area contributed by atoms with Crippen LogP contribution in [0.2, 0.25) is 0 Å². The first-order valence-corrected chi connectivity index (χ1v) is 9.79. The number of carbonyl (C=O) groups excluding carboxylic acids is 1. The number of aromatic nitrogens is 3. The number of methoxy groups -OCH3 is 1. The Kier molecular flexibility index (Phi) is 5.41. The highest BCUT2D eigenvalue weighted by molar-refractivity contribution is 6.00. The second-order valence-corrected chi connectivity index (χ2v) is 6.95. The molecule has 1 aromatic carbocycles. The van der Waals surface area contributed by atoms with Gasteiger partial charge in [-0.15, -0.1) is 0 Å². The quantitative estimate of drug-likeness (QED) is 0.677. The van der Waals surface area contributed by atoms with Crippen molar-refractivity contribution in [2.75, 3.05) is 19.0 Å². The zero-order chi connectivity index (χ0) is 22.0. The maximum Gasteiger partial charge on any atom is 0.261 e. The zero-order valence-electron chi connectivity index (χ0n) is 17.4. The van der Waals surface area contributed by atoms with Gasteiger partial charge in [0, 0.05) is 41.1 Å². The molecule has 0 saturated heterocycles. The molecule has 0 amide bonds. The minimum absolute atomic E-state index is 0.226. The lowest BCUT2D eigenvalue weighted by Crippen LogP contribution is -2.27. The summed E-state index contributed by atoms with van der Waals surface area (Å²) in [5, 5.41) is 12.6. The van der Waals surface area contributed by atoms with Crippen molar-refractivity contribution in [3.8, 4) is 17.7 Å². The molecule has 3 heterocycles. The first-order chi connectivity index (χ1) is 15.1. The van der Waals surface area contributed by atoms with Crippen LogP contribution in [0, 0.1) is 11.3 Å². The van der Waals surface area contributed by atoms with Crippen molar-refractivity contribution in [2.24, 2.45) is 0 Å². The van der Waals surface area contributed by atoms with E-state index in [9.17, 15) is 10.1 Å². The summed E-state index contributed by atoms with van der Waals surface area (Å²) in [6, 6.07) is 9.17. The van der Waals surface area contributed by atoms with Gasteiger partial charge in [-0.25, -0.2) is 9.97 Å². The van der Waals surface area contributed by atoms with Crippen molar-refractivity contribution >= 4 is 11.6 Å². The highest BCUT2D eigenvalue weighted by Gasteiger charge is 2.37. The maximum atomic E-state index is 13.5. The zero-order valence-corrected chi connectivity index (χ0v) is 17.4. The Hall–Kier alpha value is -4.12. The number of benzene rings is 1. The van der Waals surface area contributed by atoms with Crippen LogP contribution < -0.4 is 14.8 Å². The normalized spacial score (nSPS) is 15.0. The Labute approximate surface area is 179 Å². The highest BCUT2D eigenvalue weighted by atomic mass is 16.5. The number of hydrogen-bond acceptors (Lipinski definition) is 7. The van der Waals surface area contributed by atoms with E-state index in [0.717, 1.165) is 16.8 Å². The Balaban J connectivity index is 2.00. The van der Waals surface area contributed by atoms with Gasteiger partial charge in [0.05, 0.1) is 36.8 Å². The molecule has 1 aliphatic rings. The van der Waals surface area contributed by atoms with Gasteiger partial charge in [-0.1, -0.05) is 6.07 Å². The molecule has 0 fully saturated rings. The lowest BCUT2D eigenvalue weighted by Gasteiger charge is -2.32. The topological polar surface area (TPSA) is 102 Å². The average molecular weight is 415 g/mol. The highest BCUT2D eigenvalue weighted by Crippen LogP contribution is 2.48. The van der Waals surface area contributed by atoms with Crippen molar-refractivity contribution in [2.45, 2.75) is 19.8 Å². The van der Waals surface area contributed by atoms with Gasteiger partial charge in [0.15, 0.2) is 0 Å².